The lowest BCUT2D eigenvalue weighted by Crippen LogP contribution is -2.27. The van der Waals surface area contributed by atoms with Gasteiger partial charge in [-0.05, 0) is 59.3 Å². The standard InChI is InChI=1S/C15H11Cl3INOS/c1-10-5-4-6-11(9-10)20(22-15(16,17)18)14(21)12-7-2-3-8-13(12)19/h2-9H,1H3. The molecule has 0 saturated heterocycles. The Kier molecular flexibility index (Phi) is 6.30. The lowest BCUT2D eigenvalue weighted by atomic mass is 10.2. The normalized spacial score (nSPS) is 11.3. The number of carbonyl (C=O) groups excluding carboxylic acids is 1. The van der Waals surface area contributed by atoms with Gasteiger partial charge in [0, 0.05) is 15.5 Å². The molecular weight excluding hydrogens is 476 g/mol. The fourth-order valence-corrected chi connectivity index (χ4v) is 3.66. The number of amides is 1. The highest BCUT2D eigenvalue weighted by Gasteiger charge is 2.31. The van der Waals surface area contributed by atoms with Gasteiger partial charge in [-0.1, -0.05) is 59.1 Å². The van der Waals surface area contributed by atoms with Crippen molar-refractivity contribution in [2.75, 3.05) is 4.31 Å². The second-order valence-corrected chi connectivity index (χ2v) is 9.73. The van der Waals surface area contributed by atoms with Gasteiger partial charge in [0.05, 0.1) is 11.3 Å². The Labute approximate surface area is 162 Å². The highest BCUT2D eigenvalue weighted by molar-refractivity contribution is 14.1. The average Bonchev–Trinajstić information content (AvgIpc) is 2.44. The molecule has 0 fully saturated rings. The molecule has 0 aliphatic rings. The Morgan fingerprint density at radius 1 is 1.14 bits per heavy atom. The number of nitrogens with zero attached hydrogens (tertiary/aromatic N) is 1. The lowest BCUT2D eigenvalue weighted by molar-refractivity contribution is 0.101. The number of rotatable bonds is 3. The molecule has 22 heavy (non-hydrogen) atoms. The highest BCUT2D eigenvalue weighted by atomic mass is 127. The van der Waals surface area contributed by atoms with Crippen LogP contribution in [-0.2, 0) is 0 Å². The zero-order chi connectivity index (χ0) is 16.3. The Balaban J connectivity index is 2.45. The van der Waals surface area contributed by atoms with Crippen molar-refractivity contribution in [3.63, 3.8) is 0 Å². The van der Waals surface area contributed by atoms with Gasteiger partial charge >= 0.3 is 0 Å². The summed E-state index contributed by atoms with van der Waals surface area (Å²) in [7, 11) is 0. The highest BCUT2D eigenvalue weighted by Crippen LogP contribution is 2.43. The van der Waals surface area contributed by atoms with Gasteiger partial charge in [-0.3, -0.25) is 4.79 Å². The fourth-order valence-electron chi connectivity index (χ4n) is 1.81. The van der Waals surface area contributed by atoms with Crippen LogP contribution in [-0.4, -0.2) is 9.03 Å². The van der Waals surface area contributed by atoms with E-state index in [4.69, 9.17) is 34.8 Å². The molecule has 2 aromatic carbocycles. The number of alkyl halides is 3. The van der Waals surface area contributed by atoms with E-state index in [-0.39, 0.29) is 5.91 Å². The number of benzene rings is 2. The van der Waals surface area contributed by atoms with Gasteiger partial charge in [0.25, 0.3) is 9.03 Å². The first-order valence-electron chi connectivity index (χ1n) is 6.19. The lowest BCUT2D eigenvalue weighted by Gasteiger charge is -2.25. The van der Waals surface area contributed by atoms with Gasteiger partial charge in [0.15, 0.2) is 0 Å². The van der Waals surface area contributed by atoms with Crippen LogP contribution >= 0.6 is 69.3 Å². The van der Waals surface area contributed by atoms with Crippen LogP contribution in [0.5, 0.6) is 0 Å². The first kappa shape index (κ1) is 18.2. The van der Waals surface area contributed by atoms with Crippen molar-refractivity contribution in [2.24, 2.45) is 0 Å². The monoisotopic (exact) mass is 485 g/mol. The van der Waals surface area contributed by atoms with E-state index in [1.165, 1.54) is 4.31 Å². The van der Waals surface area contributed by atoms with Crippen molar-refractivity contribution in [3.8, 4) is 0 Å². The molecule has 2 nitrogen and oxygen atoms in total. The molecule has 0 aliphatic carbocycles. The van der Waals surface area contributed by atoms with Gasteiger partial charge in [-0.25, -0.2) is 4.31 Å². The zero-order valence-electron chi connectivity index (χ0n) is 11.4. The topological polar surface area (TPSA) is 20.3 Å². The fraction of sp³-hybridized carbons (Fsp3) is 0.133. The third kappa shape index (κ3) is 4.93. The summed E-state index contributed by atoms with van der Waals surface area (Å²) in [5.74, 6) is -0.230. The van der Waals surface area contributed by atoms with E-state index >= 15 is 0 Å². The second kappa shape index (κ2) is 7.62. The van der Waals surface area contributed by atoms with Crippen molar-refractivity contribution in [2.45, 2.75) is 10.0 Å². The van der Waals surface area contributed by atoms with E-state index < -0.39 is 3.12 Å². The van der Waals surface area contributed by atoms with Crippen molar-refractivity contribution < 1.29 is 4.79 Å². The molecule has 0 aliphatic heterocycles. The maximum Gasteiger partial charge on any atom is 0.269 e. The van der Waals surface area contributed by atoms with Gasteiger partial charge in [0.1, 0.15) is 0 Å². The number of aryl methyl sites for hydroxylation is 1. The molecule has 0 atom stereocenters. The quantitative estimate of drug-likeness (QED) is 0.292. The molecule has 2 aromatic rings. The SMILES string of the molecule is Cc1cccc(N(SC(Cl)(Cl)Cl)C(=O)c2ccccc2I)c1. The largest absolute Gasteiger partial charge is 0.269 e. The number of hydrogen-bond acceptors (Lipinski definition) is 2. The van der Waals surface area contributed by atoms with Crippen LogP contribution in [0.3, 0.4) is 0 Å². The van der Waals surface area contributed by atoms with Gasteiger partial charge in [-0.15, -0.1) is 0 Å². The summed E-state index contributed by atoms with van der Waals surface area (Å²) in [6.45, 7) is 1.94. The molecule has 1 amide bonds. The molecule has 0 N–H and O–H groups in total. The summed E-state index contributed by atoms with van der Waals surface area (Å²) in [6, 6.07) is 14.8. The van der Waals surface area contributed by atoms with Gasteiger partial charge in [0.2, 0.25) is 0 Å². The molecule has 0 bridgehead atoms. The minimum atomic E-state index is -1.64. The molecule has 0 radical (unpaired) electrons. The summed E-state index contributed by atoms with van der Waals surface area (Å²) in [5.41, 5.74) is 2.25. The summed E-state index contributed by atoms with van der Waals surface area (Å²) in [4.78, 5) is 12.9. The Bertz CT molecular complexity index is 690. The Morgan fingerprint density at radius 3 is 2.41 bits per heavy atom. The first-order valence-corrected chi connectivity index (χ1v) is 9.18. The third-order valence-corrected chi connectivity index (χ3v) is 5.05. The van der Waals surface area contributed by atoms with Gasteiger partial charge < -0.3 is 0 Å². The Morgan fingerprint density at radius 2 is 1.82 bits per heavy atom. The van der Waals surface area contributed by atoms with Crippen LogP contribution in [0.4, 0.5) is 5.69 Å². The van der Waals surface area contributed by atoms with E-state index in [2.05, 4.69) is 22.6 Å². The van der Waals surface area contributed by atoms with Crippen molar-refractivity contribution in [1.82, 2.24) is 0 Å². The number of hydrogen-bond donors (Lipinski definition) is 0. The van der Waals surface area contributed by atoms with Crippen LogP contribution in [0.2, 0.25) is 0 Å². The maximum absolute atomic E-state index is 12.9. The van der Waals surface area contributed by atoms with Gasteiger partial charge in [-0.2, -0.15) is 0 Å². The predicted octanol–water partition coefficient (Wildman–Crippen LogP) is 6.22. The minimum absolute atomic E-state index is 0.230. The third-order valence-electron chi connectivity index (χ3n) is 2.72. The number of anilines is 1. The first-order chi connectivity index (χ1) is 10.3. The van der Waals surface area contributed by atoms with E-state index in [1.807, 2.05) is 49.4 Å². The molecule has 0 spiro atoms. The van der Waals surface area contributed by atoms with E-state index in [0.717, 1.165) is 21.1 Å². The van der Waals surface area contributed by atoms with Crippen LogP contribution < -0.4 is 4.31 Å². The van der Waals surface area contributed by atoms with Crippen LogP contribution in [0, 0.1) is 10.5 Å². The van der Waals surface area contributed by atoms with E-state index in [9.17, 15) is 4.79 Å². The zero-order valence-corrected chi connectivity index (χ0v) is 16.6. The van der Waals surface area contributed by atoms with Crippen LogP contribution in [0.1, 0.15) is 15.9 Å². The van der Waals surface area contributed by atoms with Crippen molar-refractivity contribution in [3.05, 3.63) is 63.2 Å². The number of halogens is 4. The molecule has 0 unspecified atom stereocenters. The summed E-state index contributed by atoms with van der Waals surface area (Å²) >= 11 is 20.6. The summed E-state index contributed by atoms with van der Waals surface area (Å²) in [6.07, 6.45) is 0. The molecular formula is C15H11Cl3INOS. The Hall–Kier alpha value is -0.140. The molecule has 2 rings (SSSR count). The molecule has 7 heteroatoms. The minimum Gasteiger partial charge on any atom is -0.268 e. The van der Waals surface area contributed by atoms with Crippen molar-refractivity contribution >= 4 is 80.9 Å². The van der Waals surface area contributed by atoms with E-state index in [0.29, 0.717) is 11.3 Å². The van der Waals surface area contributed by atoms with Crippen molar-refractivity contribution in [1.29, 1.82) is 0 Å². The van der Waals surface area contributed by atoms with Crippen LogP contribution in [0.25, 0.3) is 0 Å². The maximum atomic E-state index is 12.9. The summed E-state index contributed by atoms with van der Waals surface area (Å²) in [5, 5.41) is 0. The molecule has 116 valence electrons. The average molecular weight is 487 g/mol. The molecule has 0 heterocycles. The number of carbonyl (C=O) groups is 1. The summed E-state index contributed by atoms with van der Waals surface area (Å²) < 4.78 is 0.615. The second-order valence-electron chi connectivity index (χ2n) is 4.46. The molecule has 0 aromatic heterocycles. The van der Waals surface area contributed by atoms with Crippen LogP contribution in [0.15, 0.2) is 48.5 Å². The van der Waals surface area contributed by atoms with E-state index in [1.54, 1.807) is 6.07 Å². The molecule has 0 saturated carbocycles. The predicted molar refractivity (Wildman–Crippen MR) is 105 cm³/mol. The smallest absolute Gasteiger partial charge is 0.268 e.